The number of aryl methyl sites for hydroxylation is 1. The van der Waals surface area contributed by atoms with E-state index in [1.165, 1.54) is 28.8 Å². The van der Waals surface area contributed by atoms with Gasteiger partial charge in [-0.3, -0.25) is 14.6 Å². The molecule has 0 unspecified atom stereocenters. The van der Waals surface area contributed by atoms with Crippen molar-refractivity contribution >= 4 is 42.2 Å². The number of piperidine rings is 1. The fraction of sp³-hybridized carbons (Fsp3) is 0.406. The number of halogens is 4. The van der Waals surface area contributed by atoms with Gasteiger partial charge in [-0.25, -0.2) is 4.39 Å². The van der Waals surface area contributed by atoms with Gasteiger partial charge in [0.25, 0.3) is 0 Å². The number of ketones is 1. The van der Waals surface area contributed by atoms with Crippen LogP contribution in [0.5, 0.6) is 0 Å². The Morgan fingerprint density at radius 1 is 0.821 bits per heavy atom. The summed E-state index contributed by atoms with van der Waals surface area (Å²) in [5.74, 6) is 0.690. The number of fused-ring (bicyclic) bond motifs is 1. The van der Waals surface area contributed by atoms with Crippen LogP contribution in [0.1, 0.15) is 64.7 Å². The van der Waals surface area contributed by atoms with Gasteiger partial charge in [0.2, 0.25) is 0 Å². The second-order valence-corrected chi connectivity index (χ2v) is 11.2. The minimum Gasteiger partial charge on any atom is -0.299 e. The van der Waals surface area contributed by atoms with Crippen molar-refractivity contribution in [1.29, 1.82) is 0 Å². The summed E-state index contributed by atoms with van der Waals surface area (Å²) < 4.78 is 13.3. The maximum atomic E-state index is 13.3. The standard InChI is InChI=1S/C32H36ClFN2O.2ClH/c33-30-10-3-25(4-11-30)21-35-18-15-24(16-19-35)7-14-32(37)28-9-8-27-2-1-17-36(23-29(27)20-28)22-26-5-12-31(34)13-6-26;;/h3-6,8-13,20,24H,1-2,7,14-19,21-23H2;2*1H. The highest BCUT2D eigenvalue weighted by Crippen LogP contribution is 2.26. The van der Waals surface area contributed by atoms with E-state index in [0.29, 0.717) is 12.3 Å². The van der Waals surface area contributed by atoms with Crippen LogP contribution < -0.4 is 0 Å². The van der Waals surface area contributed by atoms with Crippen LogP contribution in [0.25, 0.3) is 0 Å². The Labute approximate surface area is 249 Å². The molecule has 2 aliphatic rings. The number of nitrogens with zero attached hydrogens (tertiary/aromatic N) is 2. The van der Waals surface area contributed by atoms with Crippen molar-refractivity contribution in [3.8, 4) is 0 Å². The molecule has 0 aromatic heterocycles. The molecule has 0 saturated carbocycles. The molecule has 0 N–H and O–H groups in total. The van der Waals surface area contributed by atoms with Crippen molar-refractivity contribution in [2.75, 3.05) is 19.6 Å². The van der Waals surface area contributed by atoms with Gasteiger partial charge in [0.1, 0.15) is 5.82 Å². The molecule has 5 rings (SSSR count). The maximum absolute atomic E-state index is 13.3. The monoisotopic (exact) mass is 590 g/mol. The average molecular weight is 592 g/mol. The molecule has 1 saturated heterocycles. The van der Waals surface area contributed by atoms with Gasteiger partial charge in [-0.2, -0.15) is 0 Å². The number of carbonyl (C=O) groups is 1. The zero-order chi connectivity index (χ0) is 25.6. The third-order valence-corrected chi connectivity index (χ3v) is 8.22. The molecule has 0 aliphatic carbocycles. The number of hydrogen-bond acceptors (Lipinski definition) is 3. The first-order chi connectivity index (χ1) is 18.0. The highest BCUT2D eigenvalue weighted by Gasteiger charge is 2.21. The van der Waals surface area contributed by atoms with E-state index in [2.05, 4.69) is 34.1 Å². The van der Waals surface area contributed by atoms with E-state index in [9.17, 15) is 9.18 Å². The fourth-order valence-electron chi connectivity index (χ4n) is 5.75. The first-order valence-corrected chi connectivity index (χ1v) is 14.0. The first-order valence-electron chi connectivity index (χ1n) is 13.6. The van der Waals surface area contributed by atoms with Crippen molar-refractivity contribution in [2.24, 2.45) is 5.92 Å². The third kappa shape index (κ3) is 9.03. The summed E-state index contributed by atoms with van der Waals surface area (Å²) in [5, 5.41) is 0.781. The molecule has 2 heterocycles. The van der Waals surface area contributed by atoms with Crippen LogP contribution >= 0.6 is 36.4 Å². The van der Waals surface area contributed by atoms with Crippen LogP contribution in [0, 0.1) is 11.7 Å². The van der Waals surface area contributed by atoms with Crippen LogP contribution in [0.2, 0.25) is 5.02 Å². The molecule has 7 heteroatoms. The van der Waals surface area contributed by atoms with Crippen LogP contribution in [0.15, 0.2) is 66.7 Å². The molecule has 1 fully saturated rings. The summed E-state index contributed by atoms with van der Waals surface area (Å²) in [5.41, 5.74) is 5.89. The molecule has 0 radical (unpaired) electrons. The summed E-state index contributed by atoms with van der Waals surface area (Å²) in [6, 6.07) is 21.3. The van der Waals surface area contributed by atoms with Crippen molar-refractivity contribution in [3.05, 3.63) is 105 Å². The van der Waals surface area contributed by atoms with Crippen molar-refractivity contribution in [1.82, 2.24) is 9.80 Å². The van der Waals surface area contributed by atoms with Gasteiger partial charge in [-0.1, -0.05) is 48.0 Å². The Bertz CT molecular complexity index is 1200. The summed E-state index contributed by atoms with van der Waals surface area (Å²) in [6.07, 6.45) is 6.05. The van der Waals surface area contributed by atoms with E-state index < -0.39 is 0 Å². The minimum absolute atomic E-state index is 0. The normalized spacial score (nSPS) is 16.5. The van der Waals surface area contributed by atoms with E-state index in [-0.39, 0.29) is 36.4 Å². The lowest BCUT2D eigenvalue weighted by atomic mass is 9.89. The highest BCUT2D eigenvalue weighted by molar-refractivity contribution is 6.30. The largest absolute Gasteiger partial charge is 0.299 e. The smallest absolute Gasteiger partial charge is 0.162 e. The summed E-state index contributed by atoms with van der Waals surface area (Å²) in [4.78, 5) is 18.0. The average Bonchev–Trinajstić information content (AvgIpc) is 3.12. The lowest BCUT2D eigenvalue weighted by molar-refractivity contribution is 0.0961. The van der Waals surface area contributed by atoms with Gasteiger partial charge >= 0.3 is 0 Å². The molecular formula is C32H38Cl3FN2O. The molecule has 2 aliphatic heterocycles. The van der Waals surface area contributed by atoms with E-state index in [0.717, 1.165) is 87.5 Å². The summed E-state index contributed by atoms with van der Waals surface area (Å²) >= 11 is 6.01. The molecule has 3 nitrogen and oxygen atoms in total. The zero-order valence-electron chi connectivity index (χ0n) is 22.3. The highest BCUT2D eigenvalue weighted by atomic mass is 35.5. The van der Waals surface area contributed by atoms with Crippen LogP contribution in [0.3, 0.4) is 0 Å². The Hall–Kier alpha value is -1.95. The zero-order valence-corrected chi connectivity index (χ0v) is 24.7. The molecule has 0 bridgehead atoms. The number of likely N-dealkylation sites (tertiary alicyclic amines) is 1. The summed E-state index contributed by atoms with van der Waals surface area (Å²) in [7, 11) is 0. The van der Waals surface area contributed by atoms with E-state index in [1.807, 2.05) is 30.3 Å². The molecule has 0 atom stereocenters. The van der Waals surface area contributed by atoms with E-state index in [4.69, 9.17) is 11.6 Å². The predicted octanol–water partition coefficient (Wildman–Crippen LogP) is 8.15. The number of hydrogen-bond donors (Lipinski definition) is 0. The van der Waals surface area contributed by atoms with Crippen molar-refractivity contribution < 1.29 is 9.18 Å². The van der Waals surface area contributed by atoms with Gasteiger partial charge < -0.3 is 0 Å². The molecule has 39 heavy (non-hydrogen) atoms. The Balaban J connectivity index is 0.00000210. The van der Waals surface area contributed by atoms with Gasteiger partial charge in [-0.15, -0.1) is 24.8 Å². The van der Waals surface area contributed by atoms with Crippen LogP contribution in [-0.4, -0.2) is 35.2 Å². The van der Waals surface area contributed by atoms with Crippen LogP contribution in [0.4, 0.5) is 4.39 Å². The minimum atomic E-state index is -0.198. The quantitative estimate of drug-likeness (QED) is 0.247. The molecule has 3 aromatic rings. The number of rotatable bonds is 8. The molecular weight excluding hydrogens is 554 g/mol. The SMILES string of the molecule is Cl.Cl.O=C(CCC1CCN(Cc2ccc(Cl)cc2)CC1)c1ccc2c(c1)CN(Cc1ccc(F)cc1)CCC2. The van der Waals surface area contributed by atoms with E-state index in [1.54, 1.807) is 0 Å². The predicted molar refractivity (Wildman–Crippen MR) is 163 cm³/mol. The van der Waals surface area contributed by atoms with Crippen molar-refractivity contribution in [3.63, 3.8) is 0 Å². The number of benzene rings is 3. The van der Waals surface area contributed by atoms with Gasteiger partial charge in [0.05, 0.1) is 0 Å². The molecule has 0 amide bonds. The maximum Gasteiger partial charge on any atom is 0.162 e. The number of Topliss-reactive ketones (excluding diaryl/α,β-unsaturated/α-hetero) is 1. The van der Waals surface area contributed by atoms with Gasteiger partial charge in [-0.05, 0) is 110 Å². The molecule has 0 spiro atoms. The van der Waals surface area contributed by atoms with Gasteiger partial charge in [0, 0.05) is 36.6 Å². The number of carbonyl (C=O) groups excluding carboxylic acids is 1. The molecule has 210 valence electrons. The third-order valence-electron chi connectivity index (χ3n) is 7.97. The topological polar surface area (TPSA) is 23.6 Å². The Kier molecular flexibility index (Phi) is 12.3. The second-order valence-electron chi connectivity index (χ2n) is 10.7. The summed E-state index contributed by atoms with van der Waals surface area (Å²) in [6.45, 7) is 5.78. The Morgan fingerprint density at radius 3 is 2.15 bits per heavy atom. The first kappa shape index (κ1) is 31.6. The van der Waals surface area contributed by atoms with Crippen LogP contribution in [-0.2, 0) is 26.1 Å². The fourth-order valence-corrected chi connectivity index (χ4v) is 5.87. The molecule has 3 aromatic carbocycles. The second kappa shape index (κ2) is 15.2. The van der Waals surface area contributed by atoms with Gasteiger partial charge in [0.15, 0.2) is 5.78 Å². The lowest BCUT2D eigenvalue weighted by Gasteiger charge is -2.32. The van der Waals surface area contributed by atoms with Crippen molar-refractivity contribution in [2.45, 2.75) is 58.2 Å². The lowest BCUT2D eigenvalue weighted by Crippen LogP contribution is -2.33. The Morgan fingerprint density at radius 2 is 1.46 bits per heavy atom. The van der Waals surface area contributed by atoms with E-state index >= 15 is 0 Å².